The van der Waals surface area contributed by atoms with E-state index in [4.69, 9.17) is 27.9 Å². The third-order valence-electron chi connectivity index (χ3n) is 3.02. The highest BCUT2D eigenvalue weighted by Gasteiger charge is 2.17. The highest BCUT2D eigenvalue weighted by atomic mass is 35.5. The van der Waals surface area contributed by atoms with Crippen molar-refractivity contribution in [2.45, 2.75) is 13.8 Å². The van der Waals surface area contributed by atoms with Crippen molar-refractivity contribution >= 4 is 35.0 Å². The van der Waals surface area contributed by atoms with E-state index in [-0.39, 0.29) is 28.3 Å². The number of hydrogen-bond donors (Lipinski definition) is 0. The Kier molecular flexibility index (Phi) is 5.16. The van der Waals surface area contributed by atoms with E-state index >= 15 is 0 Å². The molecule has 1 aromatic carbocycles. The van der Waals surface area contributed by atoms with Crippen molar-refractivity contribution in [2.24, 2.45) is 0 Å². The second-order valence-electron chi connectivity index (χ2n) is 4.78. The van der Waals surface area contributed by atoms with Crippen molar-refractivity contribution in [2.75, 3.05) is 6.61 Å². The Balaban J connectivity index is 2.07. The lowest BCUT2D eigenvalue weighted by Gasteiger charge is -2.08. The Bertz CT molecular complexity index is 744. The van der Waals surface area contributed by atoms with Crippen LogP contribution in [0.3, 0.4) is 0 Å². The second kappa shape index (κ2) is 6.90. The SMILES string of the molecule is Cc1ccc(C(=O)COC(=O)c2nc(Cl)ccc2Cl)c(C)c1. The number of pyridine rings is 1. The molecular formula is C16H13Cl2NO3. The predicted octanol–water partition coefficient (Wildman–Crippen LogP) is 4.04. The summed E-state index contributed by atoms with van der Waals surface area (Å²) in [6.07, 6.45) is 0. The first kappa shape index (κ1) is 16.5. The molecule has 0 saturated carbocycles. The van der Waals surface area contributed by atoms with Gasteiger partial charge in [-0.1, -0.05) is 47.0 Å². The molecule has 0 unspecified atom stereocenters. The molecule has 0 radical (unpaired) electrons. The van der Waals surface area contributed by atoms with E-state index in [9.17, 15) is 9.59 Å². The minimum atomic E-state index is -0.786. The van der Waals surface area contributed by atoms with Crippen LogP contribution in [0.15, 0.2) is 30.3 Å². The van der Waals surface area contributed by atoms with Gasteiger partial charge in [0.2, 0.25) is 5.78 Å². The number of aryl methyl sites for hydroxylation is 2. The summed E-state index contributed by atoms with van der Waals surface area (Å²) in [5, 5.41) is 0.241. The van der Waals surface area contributed by atoms with E-state index in [0.29, 0.717) is 5.56 Å². The monoisotopic (exact) mass is 337 g/mol. The van der Waals surface area contributed by atoms with E-state index in [1.807, 2.05) is 26.0 Å². The molecule has 4 nitrogen and oxygen atoms in total. The van der Waals surface area contributed by atoms with Gasteiger partial charge >= 0.3 is 5.97 Å². The minimum Gasteiger partial charge on any atom is -0.453 e. The number of benzene rings is 1. The zero-order valence-corrected chi connectivity index (χ0v) is 13.5. The molecule has 0 aliphatic carbocycles. The molecule has 6 heteroatoms. The first-order chi connectivity index (χ1) is 10.4. The Hall–Kier alpha value is -1.91. The lowest BCUT2D eigenvalue weighted by molar-refractivity contribution is 0.0469. The molecule has 0 N–H and O–H groups in total. The fourth-order valence-corrected chi connectivity index (χ4v) is 2.30. The molecule has 1 aromatic heterocycles. The number of rotatable bonds is 4. The van der Waals surface area contributed by atoms with Crippen molar-refractivity contribution < 1.29 is 14.3 Å². The number of ketones is 1. The van der Waals surface area contributed by atoms with Gasteiger partial charge in [-0.2, -0.15) is 0 Å². The third-order valence-corrected chi connectivity index (χ3v) is 3.54. The van der Waals surface area contributed by atoms with Crippen LogP contribution < -0.4 is 0 Å². The number of carbonyl (C=O) groups excluding carboxylic acids is 2. The normalized spacial score (nSPS) is 10.4. The van der Waals surface area contributed by atoms with Crippen molar-refractivity contribution in [1.82, 2.24) is 4.98 Å². The Labute approximate surface area is 138 Å². The maximum Gasteiger partial charge on any atom is 0.359 e. The van der Waals surface area contributed by atoms with Crippen LogP contribution in [0.4, 0.5) is 0 Å². The first-order valence-corrected chi connectivity index (χ1v) is 7.23. The summed E-state index contributed by atoms with van der Waals surface area (Å²) in [5.41, 5.74) is 2.30. The summed E-state index contributed by atoms with van der Waals surface area (Å²) < 4.78 is 4.97. The molecule has 0 fully saturated rings. The van der Waals surface area contributed by atoms with Crippen LogP contribution in [0.2, 0.25) is 10.2 Å². The highest BCUT2D eigenvalue weighted by Crippen LogP contribution is 2.18. The fourth-order valence-electron chi connectivity index (χ4n) is 1.97. The van der Waals surface area contributed by atoms with E-state index in [0.717, 1.165) is 11.1 Å². The summed E-state index contributed by atoms with van der Waals surface area (Å²) in [6, 6.07) is 8.34. The van der Waals surface area contributed by atoms with Crippen LogP contribution in [-0.4, -0.2) is 23.3 Å². The van der Waals surface area contributed by atoms with Gasteiger partial charge in [0, 0.05) is 5.56 Å². The molecule has 114 valence electrons. The highest BCUT2D eigenvalue weighted by molar-refractivity contribution is 6.34. The van der Waals surface area contributed by atoms with Gasteiger partial charge in [-0.05, 0) is 31.5 Å². The van der Waals surface area contributed by atoms with Crippen molar-refractivity contribution in [3.05, 3.63) is 62.9 Å². The van der Waals surface area contributed by atoms with E-state index < -0.39 is 5.97 Å². The molecule has 2 rings (SSSR count). The van der Waals surface area contributed by atoms with E-state index in [1.165, 1.54) is 12.1 Å². The quantitative estimate of drug-likeness (QED) is 0.480. The van der Waals surface area contributed by atoms with Crippen molar-refractivity contribution in [1.29, 1.82) is 0 Å². The van der Waals surface area contributed by atoms with Gasteiger partial charge < -0.3 is 4.74 Å². The number of nitrogens with zero attached hydrogens (tertiary/aromatic N) is 1. The number of hydrogen-bond acceptors (Lipinski definition) is 4. The molecular weight excluding hydrogens is 325 g/mol. The average molecular weight is 338 g/mol. The molecule has 22 heavy (non-hydrogen) atoms. The lowest BCUT2D eigenvalue weighted by atomic mass is 10.0. The second-order valence-corrected chi connectivity index (χ2v) is 5.58. The number of halogens is 2. The van der Waals surface area contributed by atoms with Gasteiger partial charge in [0.25, 0.3) is 0 Å². The summed E-state index contributed by atoms with van der Waals surface area (Å²) in [6.45, 7) is 3.39. The summed E-state index contributed by atoms with van der Waals surface area (Å²) >= 11 is 11.6. The van der Waals surface area contributed by atoms with Crippen molar-refractivity contribution in [3.63, 3.8) is 0 Å². The Morgan fingerprint density at radius 1 is 1.14 bits per heavy atom. The topological polar surface area (TPSA) is 56.3 Å². The van der Waals surface area contributed by atoms with Crippen molar-refractivity contribution in [3.8, 4) is 0 Å². The van der Waals surface area contributed by atoms with Crippen LogP contribution in [0.5, 0.6) is 0 Å². The maximum absolute atomic E-state index is 12.1. The third kappa shape index (κ3) is 3.84. The smallest absolute Gasteiger partial charge is 0.359 e. The number of aromatic nitrogens is 1. The summed E-state index contributed by atoms with van der Waals surface area (Å²) in [4.78, 5) is 27.8. The molecule has 0 amide bonds. The van der Waals surface area contributed by atoms with Gasteiger partial charge in [-0.3, -0.25) is 4.79 Å². The van der Waals surface area contributed by atoms with Crippen LogP contribution in [0.25, 0.3) is 0 Å². The van der Waals surface area contributed by atoms with Gasteiger partial charge in [0.1, 0.15) is 5.15 Å². The molecule has 2 aromatic rings. The largest absolute Gasteiger partial charge is 0.453 e. The molecule has 0 spiro atoms. The molecule has 0 saturated heterocycles. The Morgan fingerprint density at radius 2 is 1.86 bits per heavy atom. The maximum atomic E-state index is 12.1. The number of esters is 1. The fraction of sp³-hybridized carbons (Fsp3) is 0.188. The zero-order valence-electron chi connectivity index (χ0n) is 12.0. The van der Waals surface area contributed by atoms with Crippen LogP contribution in [0.1, 0.15) is 32.0 Å². The average Bonchev–Trinajstić information content (AvgIpc) is 2.47. The first-order valence-electron chi connectivity index (χ1n) is 6.48. The van der Waals surface area contributed by atoms with E-state index in [2.05, 4.69) is 4.98 Å². The standard InChI is InChI=1S/C16H13Cl2NO3/c1-9-3-4-11(10(2)7-9)13(20)8-22-16(21)15-12(17)5-6-14(18)19-15/h3-7H,8H2,1-2H3. The van der Waals surface area contributed by atoms with Crippen LogP contribution in [0, 0.1) is 13.8 Å². The van der Waals surface area contributed by atoms with Gasteiger partial charge in [-0.25, -0.2) is 9.78 Å². The van der Waals surface area contributed by atoms with Crippen LogP contribution in [-0.2, 0) is 4.74 Å². The summed E-state index contributed by atoms with van der Waals surface area (Å²) in [7, 11) is 0. The molecule has 0 atom stereocenters. The molecule has 0 aliphatic rings. The van der Waals surface area contributed by atoms with Gasteiger partial charge in [0.05, 0.1) is 5.02 Å². The van der Waals surface area contributed by atoms with Gasteiger partial charge in [0.15, 0.2) is 12.3 Å². The predicted molar refractivity (Wildman–Crippen MR) is 84.8 cm³/mol. The number of Topliss-reactive ketones (excluding diaryl/α,β-unsaturated/α-hetero) is 1. The van der Waals surface area contributed by atoms with Crippen LogP contribution >= 0.6 is 23.2 Å². The number of carbonyl (C=O) groups is 2. The molecule has 0 bridgehead atoms. The Morgan fingerprint density at radius 3 is 2.55 bits per heavy atom. The molecule has 0 aliphatic heterocycles. The van der Waals surface area contributed by atoms with E-state index in [1.54, 1.807) is 6.07 Å². The summed E-state index contributed by atoms with van der Waals surface area (Å²) in [5.74, 6) is -1.07. The molecule has 1 heterocycles. The van der Waals surface area contributed by atoms with Gasteiger partial charge in [-0.15, -0.1) is 0 Å². The lowest BCUT2D eigenvalue weighted by Crippen LogP contribution is -2.16. The zero-order chi connectivity index (χ0) is 16.3. The minimum absolute atomic E-state index is 0.109. The number of ether oxygens (including phenoxy) is 1.